The van der Waals surface area contributed by atoms with E-state index in [-0.39, 0.29) is 5.41 Å². The zero-order valence-electron chi connectivity index (χ0n) is 34.1. The highest BCUT2D eigenvalue weighted by molar-refractivity contribution is 6.21. The molecule has 0 atom stereocenters. The van der Waals surface area contributed by atoms with Crippen LogP contribution in [0.5, 0.6) is 0 Å². The quantitative estimate of drug-likeness (QED) is 0.167. The Balaban J connectivity index is 0.975. The maximum absolute atomic E-state index is 6.95. The van der Waals surface area contributed by atoms with Gasteiger partial charge >= 0.3 is 0 Å². The fourth-order valence-electron chi connectivity index (χ4n) is 9.95. The van der Waals surface area contributed by atoms with E-state index < -0.39 is 0 Å². The minimum absolute atomic E-state index is 0.110. The molecule has 0 N–H and O–H groups in total. The van der Waals surface area contributed by atoms with Crippen LogP contribution in [0.1, 0.15) is 25.0 Å². The maximum atomic E-state index is 6.95. The molecule has 61 heavy (non-hydrogen) atoms. The van der Waals surface area contributed by atoms with Gasteiger partial charge in [-0.05, 0) is 115 Å². The van der Waals surface area contributed by atoms with Crippen LogP contribution in [-0.4, -0.2) is 0 Å². The van der Waals surface area contributed by atoms with Gasteiger partial charge in [-0.1, -0.05) is 178 Å². The zero-order chi connectivity index (χ0) is 40.7. The summed E-state index contributed by atoms with van der Waals surface area (Å²) in [5.41, 5.74) is 17.4. The number of fused-ring (bicyclic) bond motifs is 9. The van der Waals surface area contributed by atoms with E-state index >= 15 is 0 Å². The molecule has 0 amide bonds. The summed E-state index contributed by atoms with van der Waals surface area (Å²) >= 11 is 0. The lowest BCUT2D eigenvalue weighted by atomic mass is 9.82. The van der Waals surface area contributed by atoms with Gasteiger partial charge in [0.15, 0.2) is 0 Å². The van der Waals surface area contributed by atoms with Crippen LogP contribution in [0.4, 0.5) is 17.1 Å². The second-order valence-corrected chi connectivity index (χ2v) is 16.9. The summed E-state index contributed by atoms with van der Waals surface area (Å²) in [5.74, 6) is 0. The summed E-state index contributed by atoms with van der Waals surface area (Å²) in [4.78, 5) is 2.39. The average Bonchev–Trinajstić information content (AvgIpc) is 3.81. The Kier molecular flexibility index (Phi) is 7.92. The smallest absolute Gasteiger partial charge is 0.143 e. The van der Waals surface area contributed by atoms with Gasteiger partial charge in [0.1, 0.15) is 11.2 Å². The van der Waals surface area contributed by atoms with Gasteiger partial charge in [0.25, 0.3) is 0 Å². The third-order valence-electron chi connectivity index (χ3n) is 13.1. The van der Waals surface area contributed by atoms with Gasteiger partial charge in [0, 0.05) is 44.2 Å². The number of nitrogens with zero attached hydrogens (tertiary/aromatic N) is 1. The number of anilines is 3. The highest BCUT2D eigenvalue weighted by Crippen LogP contribution is 2.51. The van der Waals surface area contributed by atoms with Crippen molar-refractivity contribution in [3.8, 4) is 44.5 Å². The average molecular weight is 780 g/mol. The zero-order valence-corrected chi connectivity index (χ0v) is 34.1. The summed E-state index contributed by atoms with van der Waals surface area (Å²) in [5, 5.41) is 7.03. The molecule has 0 aliphatic heterocycles. The van der Waals surface area contributed by atoms with Crippen LogP contribution in [-0.2, 0) is 5.41 Å². The number of hydrogen-bond acceptors (Lipinski definition) is 2. The maximum Gasteiger partial charge on any atom is 0.143 e. The normalized spacial score (nSPS) is 12.9. The molecule has 1 heterocycles. The van der Waals surface area contributed by atoms with Crippen molar-refractivity contribution in [1.29, 1.82) is 0 Å². The summed E-state index contributed by atoms with van der Waals surface area (Å²) in [6.45, 7) is 4.70. The van der Waals surface area contributed by atoms with Gasteiger partial charge in [-0.25, -0.2) is 0 Å². The van der Waals surface area contributed by atoms with Crippen molar-refractivity contribution in [3.63, 3.8) is 0 Å². The van der Waals surface area contributed by atoms with Crippen LogP contribution in [0, 0.1) is 0 Å². The van der Waals surface area contributed by atoms with Crippen molar-refractivity contribution in [2.24, 2.45) is 0 Å². The minimum atomic E-state index is -0.110. The molecule has 0 saturated heterocycles. The van der Waals surface area contributed by atoms with E-state index in [9.17, 15) is 0 Å². The summed E-state index contributed by atoms with van der Waals surface area (Å²) < 4.78 is 6.95. The molecular weight excluding hydrogens is 739 g/mol. The fraction of sp³-hybridized carbons (Fsp3) is 0.0508. The summed E-state index contributed by atoms with van der Waals surface area (Å²) in [6, 6.07) is 77.3. The number of hydrogen-bond donors (Lipinski definition) is 0. The van der Waals surface area contributed by atoms with Crippen molar-refractivity contribution in [1.82, 2.24) is 0 Å². The highest BCUT2D eigenvalue weighted by atomic mass is 16.3. The predicted octanol–water partition coefficient (Wildman–Crippen LogP) is 16.7. The lowest BCUT2D eigenvalue weighted by Crippen LogP contribution is -2.16. The van der Waals surface area contributed by atoms with E-state index in [2.05, 4.69) is 231 Å². The van der Waals surface area contributed by atoms with E-state index in [1.54, 1.807) is 0 Å². The van der Waals surface area contributed by atoms with Crippen molar-refractivity contribution in [2.75, 3.05) is 4.90 Å². The van der Waals surface area contributed by atoms with Crippen molar-refractivity contribution in [3.05, 3.63) is 223 Å². The molecule has 2 heteroatoms. The standard InChI is InChI=1S/C59H41NO/c1-59(2)55-22-11-10-18-49(55)50-34-33-46(36-56(50)59)60(44-29-25-40(26-30-44)38-13-4-3-5-14-38)45-31-27-41(28-32-45)47-20-12-21-52-54-37-53(43-24-23-39-15-6-7-16-42(39)35-43)48-17-8-9-19-51(48)58(54)61-57(47)52/h3-37H,1-2H3. The van der Waals surface area contributed by atoms with E-state index in [1.807, 2.05) is 0 Å². The lowest BCUT2D eigenvalue weighted by molar-refractivity contribution is 0.660. The van der Waals surface area contributed by atoms with Crippen LogP contribution >= 0.6 is 0 Å². The Morgan fingerprint density at radius 3 is 1.70 bits per heavy atom. The van der Waals surface area contributed by atoms with E-state index in [0.29, 0.717) is 0 Å². The van der Waals surface area contributed by atoms with Gasteiger partial charge < -0.3 is 9.32 Å². The van der Waals surface area contributed by atoms with Gasteiger partial charge in [0.2, 0.25) is 0 Å². The lowest BCUT2D eigenvalue weighted by Gasteiger charge is -2.28. The Morgan fingerprint density at radius 1 is 0.328 bits per heavy atom. The molecule has 10 aromatic carbocycles. The number of furan rings is 1. The SMILES string of the molecule is CC1(C)c2ccccc2-c2ccc(N(c3ccc(-c4ccccc4)cc3)c3ccc(-c4cccc5c4oc4c6ccccc6c(-c6ccc7ccccc7c6)cc54)cc3)cc21. The Morgan fingerprint density at radius 2 is 0.902 bits per heavy atom. The van der Waals surface area contributed by atoms with Crippen molar-refractivity contribution < 1.29 is 4.42 Å². The summed E-state index contributed by atoms with van der Waals surface area (Å²) in [7, 11) is 0. The number of rotatable bonds is 6. The topological polar surface area (TPSA) is 16.4 Å². The molecule has 0 radical (unpaired) electrons. The third kappa shape index (κ3) is 5.64. The van der Waals surface area contributed by atoms with Crippen LogP contribution in [0.15, 0.2) is 217 Å². The van der Waals surface area contributed by atoms with Crippen LogP contribution in [0.3, 0.4) is 0 Å². The minimum Gasteiger partial charge on any atom is -0.455 e. The first-order chi connectivity index (χ1) is 30.0. The van der Waals surface area contributed by atoms with E-state index in [4.69, 9.17) is 4.42 Å². The van der Waals surface area contributed by atoms with Crippen LogP contribution in [0.25, 0.3) is 88.0 Å². The van der Waals surface area contributed by atoms with E-state index in [0.717, 1.165) is 55.5 Å². The van der Waals surface area contributed by atoms with Crippen LogP contribution in [0.2, 0.25) is 0 Å². The fourth-order valence-corrected chi connectivity index (χ4v) is 9.95. The van der Waals surface area contributed by atoms with Crippen LogP contribution < -0.4 is 4.90 Å². The second kappa shape index (κ2) is 13.7. The number of benzene rings is 10. The largest absolute Gasteiger partial charge is 0.455 e. The molecule has 2 nitrogen and oxygen atoms in total. The molecule has 1 aromatic heterocycles. The van der Waals surface area contributed by atoms with Gasteiger partial charge in [-0.2, -0.15) is 0 Å². The van der Waals surface area contributed by atoms with Crippen molar-refractivity contribution >= 4 is 60.5 Å². The molecule has 0 saturated carbocycles. The molecule has 12 rings (SSSR count). The first-order valence-electron chi connectivity index (χ1n) is 21.2. The third-order valence-corrected chi connectivity index (χ3v) is 13.1. The molecule has 0 fully saturated rings. The molecule has 1 aliphatic carbocycles. The van der Waals surface area contributed by atoms with Crippen molar-refractivity contribution in [2.45, 2.75) is 19.3 Å². The van der Waals surface area contributed by atoms with Gasteiger partial charge in [-0.3, -0.25) is 0 Å². The summed E-state index contributed by atoms with van der Waals surface area (Å²) in [6.07, 6.45) is 0. The second-order valence-electron chi connectivity index (χ2n) is 16.9. The molecule has 288 valence electrons. The Bertz CT molecular complexity index is 3480. The first-order valence-corrected chi connectivity index (χ1v) is 21.2. The molecule has 0 spiro atoms. The Hall–Kier alpha value is -7.68. The molecule has 0 unspecified atom stereocenters. The van der Waals surface area contributed by atoms with Gasteiger partial charge in [0.05, 0.1) is 0 Å². The predicted molar refractivity (Wildman–Crippen MR) is 257 cm³/mol. The number of para-hydroxylation sites is 1. The molecule has 11 aromatic rings. The molecular formula is C59H41NO. The van der Waals surface area contributed by atoms with Gasteiger partial charge in [-0.15, -0.1) is 0 Å². The Labute approximate surface area is 355 Å². The molecule has 1 aliphatic rings. The highest BCUT2D eigenvalue weighted by Gasteiger charge is 2.35. The van der Waals surface area contributed by atoms with E-state index in [1.165, 1.54) is 60.7 Å². The molecule has 0 bridgehead atoms. The first kappa shape index (κ1) is 35.3. The monoisotopic (exact) mass is 779 g/mol.